The Hall–Kier alpha value is -3.15. The van der Waals surface area contributed by atoms with Gasteiger partial charge in [-0.3, -0.25) is 4.79 Å². The lowest BCUT2D eigenvalue weighted by atomic mass is 10.2. The highest BCUT2D eigenvalue weighted by atomic mass is 16.5. The highest BCUT2D eigenvalue weighted by molar-refractivity contribution is 6.02. The molecule has 3 aromatic rings. The predicted molar refractivity (Wildman–Crippen MR) is 97.7 cm³/mol. The van der Waals surface area contributed by atoms with Crippen molar-refractivity contribution < 1.29 is 9.53 Å². The zero-order valence-electron chi connectivity index (χ0n) is 14.5. The number of amides is 1. The van der Waals surface area contributed by atoms with Crippen molar-refractivity contribution in [1.29, 1.82) is 0 Å². The number of hydrogen-bond donors (Lipinski definition) is 1. The molecule has 0 saturated heterocycles. The lowest BCUT2D eigenvalue weighted by Crippen LogP contribution is -2.09. The van der Waals surface area contributed by atoms with Crippen LogP contribution in [0.1, 0.15) is 23.9 Å². The summed E-state index contributed by atoms with van der Waals surface area (Å²) in [6.45, 7) is 6.35. The van der Waals surface area contributed by atoms with Gasteiger partial charge in [0.1, 0.15) is 11.6 Å². The molecule has 0 fully saturated rings. The first kappa shape index (κ1) is 16.7. The van der Waals surface area contributed by atoms with Crippen LogP contribution in [0.2, 0.25) is 0 Å². The fourth-order valence-corrected chi connectivity index (χ4v) is 2.52. The molecular formula is C19H20N4O2. The van der Waals surface area contributed by atoms with Gasteiger partial charge in [-0.1, -0.05) is 12.1 Å². The standard InChI is InChI=1S/C19H20N4O2/c1-4-25-17-8-5-15(6-9-17)7-10-18(24)21-16-11-13(2)19-20-14(3)22-23(19)12-16/h5-12H,4H2,1-3H3,(H,21,24)/b10-7+. The predicted octanol–water partition coefficient (Wildman–Crippen LogP) is 3.40. The summed E-state index contributed by atoms with van der Waals surface area (Å²) in [7, 11) is 0. The summed E-state index contributed by atoms with van der Waals surface area (Å²) < 4.78 is 7.07. The minimum absolute atomic E-state index is 0.204. The van der Waals surface area contributed by atoms with Crippen molar-refractivity contribution in [1.82, 2.24) is 14.6 Å². The van der Waals surface area contributed by atoms with E-state index in [9.17, 15) is 4.79 Å². The first-order valence-electron chi connectivity index (χ1n) is 8.10. The van der Waals surface area contributed by atoms with Crippen LogP contribution >= 0.6 is 0 Å². The summed E-state index contributed by atoms with van der Waals surface area (Å²) in [5.74, 6) is 1.31. The number of aromatic nitrogens is 3. The van der Waals surface area contributed by atoms with Crippen LogP contribution in [0.3, 0.4) is 0 Å². The normalized spacial score (nSPS) is 11.2. The number of aryl methyl sites for hydroxylation is 2. The smallest absolute Gasteiger partial charge is 0.248 e. The summed E-state index contributed by atoms with van der Waals surface area (Å²) in [6.07, 6.45) is 5.02. The molecule has 0 aliphatic carbocycles. The van der Waals surface area contributed by atoms with Gasteiger partial charge in [0.15, 0.2) is 5.65 Å². The van der Waals surface area contributed by atoms with Gasteiger partial charge >= 0.3 is 0 Å². The van der Waals surface area contributed by atoms with Crippen molar-refractivity contribution in [2.45, 2.75) is 20.8 Å². The van der Waals surface area contributed by atoms with Crippen LogP contribution in [0, 0.1) is 13.8 Å². The number of ether oxygens (including phenoxy) is 1. The Morgan fingerprint density at radius 3 is 2.76 bits per heavy atom. The fourth-order valence-electron chi connectivity index (χ4n) is 2.52. The average molecular weight is 336 g/mol. The van der Waals surface area contributed by atoms with Gasteiger partial charge in [0, 0.05) is 6.08 Å². The molecule has 0 radical (unpaired) electrons. The number of rotatable bonds is 5. The molecule has 2 heterocycles. The van der Waals surface area contributed by atoms with Crippen molar-refractivity contribution in [3.05, 3.63) is 59.6 Å². The second-order valence-electron chi connectivity index (χ2n) is 5.66. The van der Waals surface area contributed by atoms with E-state index in [0.29, 0.717) is 18.1 Å². The number of carbonyl (C=O) groups is 1. The van der Waals surface area contributed by atoms with Gasteiger partial charge in [0.25, 0.3) is 0 Å². The third-order valence-corrected chi connectivity index (χ3v) is 3.61. The van der Waals surface area contributed by atoms with Crippen molar-refractivity contribution in [2.75, 3.05) is 11.9 Å². The Labute approximate surface area is 146 Å². The molecule has 25 heavy (non-hydrogen) atoms. The van der Waals surface area contributed by atoms with Gasteiger partial charge in [-0.15, -0.1) is 0 Å². The zero-order valence-corrected chi connectivity index (χ0v) is 14.5. The zero-order chi connectivity index (χ0) is 17.8. The van der Waals surface area contributed by atoms with Crippen molar-refractivity contribution in [3.63, 3.8) is 0 Å². The van der Waals surface area contributed by atoms with Gasteiger partial charge < -0.3 is 10.1 Å². The number of benzene rings is 1. The molecule has 0 aliphatic heterocycles. The summed E-state index contributed by atoms with van der Waals surface area (Å²) in [4.78, 5) is 16.5. The fraction of sp³-hybridized carbons (Fsp3) is 0.211. The molecule has 1 N–H and O–H groups in total. The maximum absolute atomic E-state index is 12.1. The number of anilines is 1. The average Bonchev–Trinajstić information content (AvgIpc) is 2.95. The van der Waals surface area contributed by atoms with Crippen molar-refractivity contribution >= 4 is 23.3 Å². The molecule has 6 heteroatoms. The second kappa shape index (κ2) is 7.17. The molecule has 6 nitrogen and oxygen atoms in total. The van der Waals surface area contributed by atoms with Gasteiger partial charge in [-0.25, -0.2) is 9.50 Å². The molecule has 0 spiro atoms. The summed E-state index contributed by atoms with van der Waals surface area (Å²) in [5, 5.41) is 7.13. The maximum atomic E-state index is 12.1. The largest absolute Gasteiger partial charge is 0.494 e. The molecular weight excluding hydrogens is 316 g/mol. The van der Waals surface area contributed by atoms with Gasteiger partial charge in [-0.2, -0.15) is 5.10 Å². The molecule has 128 valence electrons. The number of nitrogens with one attached hydrogen (secondary N) is 1. The number of nitrogens with zero attached hydrogens (tertiary/aromatic N) is 3. The molecule has 0 bridgehead atoms. The van der Waals surface area contributed by atoms with Crippen LogP contribution in [0.4, 0.5) is 5.69 Å². The van der Waals surface area contributed by atoms with E-state index in [2.05, 4.69) is 15.4 Å². The monoisotopic (exact) mass is 336 g/mol. The third-order valence-electron chi connectivity index (χ3n) is 3.61. The Morgan fingerprint density at radius 2 is 2.04 bits per heavy atom. The highest BCUT2D eigenvalue weighted by Gasteiger charge is 2.06. The number of fused-ring (bicyclic) bond motifs is 1. The van der Waals surface area contributed by atoms with Crippen molar-refractivity contribution in [2.24, 2.45) is 0 Å². The minimum atomic E-state index is -0.204. The summed E-state index contributed by atoms with van der Waals surface area (Å²) in [6, 6.07) is 9.45. The Kier molecular flexibility index (Phi) is 4.79. The van der Waals surface area contributed by atoms with E-state index in [1.165, 1.54) is 6.08 Å². The van der Waals surface area contributed by atoms with Gasteiger partial charge in [0.05, 0.1) is 18.5 Å². The summed E-state index contributed by atoms with van der Waals surface area (Å²) >= 11 is 0. The van der Waals surface area contributed by atoms with E-state index in [4.69, 9.17) is 4.74 Å². The minimum Gasteiger partial charge on any atom is -0.494 e. The van der Waals surface area contributed by atoms with Gasteiger partial charge in [0.2, 0.25) is 5.91 Å². The van der Waals surface area contributed by atoms with E-state index in [-0.39, 0.29) is 5.91 Å². The van der Waals surface area contributed by atoms with Crippen LogP contribution in [0.5, 0.6) is 5.75 Å². The van der Waals surface area contributed by atoms with E-state index < -0.39 is 0 Å². The molecule has 0 saturated carbocycles. The topological polar surface area (TPSA) is 68.5 Å². The molecule has 0 atom stereocenters. The highest BCUT2D eigenvalue weighted by Crippen LogP contribution is 2.16. The van der Waals surface area contributed by atoms with Crippen LogP contribution in [0.15, 0.2) is 42.6 Å². The van der Waals surface area contributed by atoms with Crippen LogP contribution in [-0.2, 0) is 4.79 Å². The number of carbonyl (C=O) groups excluding carboxylic acids is 1. The molecule has 3 rings (SSSR count). The molecule has 0 unspecified atom stereocenters. The quantitative estimate of drug-likeness (QED) is 0.725. The van der Waals surface area contributed by atoms with Crippen molar-refractivity contribution in [3.8, 4) is 5.75 Å². The lowest BCUT2D eigenvalue weighted by molar-refractivity contribution is -0.111. The van der Waals surface area contributed by atoms with E-state index in [0.717, 1.165) is 22.5 Å². The molecule has 1 aromatic carbocycles. The van der Waals surface area contributed by atoms with Gasteiger partial charge in [-0.05, 0) is 56.2 Å². The third kappa shape index (κ3) is 4.03. The Morgan fingerprint density at radius 1 is 1.28 bits per heavy atom. The maximum Gasteiger partial charge on any atom is 0.248 e. The SMILES string of the molecule is CCOc1ccc(/C=C/C(=O)Nc2cc(C)c3nc(C)nn3c2)cc1. The van der Waals surface area contributed by atoms with E-state index in [1.807, 2.05) is 51.1 Å². The number of hydrogen-bond acceptors (Lipinski definition) is 4. The first-order valence-corrected chi connectivity index (χ1v) is 8.10. The number of pyridine rings is 1. The van der Waals surface area contributed by atoms with Crippen LogP contribution < -0.4 is 10.1 Å². The Balaban J connectivity index is 1.69. The van der Waals surface area contributed by atoms with Crippen LogP contribution in [-0.4, -0.2) is 27.1 Å². The Bertz CT molecular complexity index is 926. The molecule has 1 amide bonds. The summed E-state index contributed by atoms with van der Waals surface area (Å²) in [5.41, 5.74) is 3.35. The van der Waals surface area contributed by atoms with Crippen LogP contribution in [0.25, 0.3) is 11.7 Å². The van der Waals surface area contributed by atoms with E-state index in [1.54, 1.807) is 16.8 Å². The van der Waals surface area contributed by atoms with E-state index >= 15 is 0 Å². The molecule has 2 aromatic heterocycles. The second-order valence-corrected chi connectivity index (χ2v) is 5.66. The first-order chi connectivity index (χ1) is 12.0. The lowest BCUT2D eigenvalue weighted by Gasteiger charge is -2.05. The molecule has 0 aliphatic rings.